The Kier molecular flexibility index (Phi) is 7.26. The molecule has 0 spiro atoms. The molecule has 0 aromatic carbocycles. The minimum Gasteiger partial charge on any atom is -0.402 e. The van der Waals surface area contributed by atoms with E-state index in [1.807, 2.05) is 0 Å². The highest BCUT2D eigenvalue weighted by Gasteiger charge is 2.26. The summed E-state index contributed by atoms with van der Waals surface area (Å²) in [5.41, 5.74) is 0. The van der Waals surface area contributed by atoms with Gasteiger partial charge in [-0.25, -0.2) is 0 Å². The third-order valence-electron chi connectivity index (χ3n) is 3.40. The molecule has 0 amide bonds. The standard InChI is InChI=1S/C9H17N.C2H8O2Si/c1-2-4-9-7-10-6-5-8(9)3-1;1-3-5-4-2/h8-10H,1-7H2;5H2,1-2H3. The van der Waals surface area contributed by atoms with E-state index < -0.39 is 10.0 Å². The van der Waals surface area contributed by atoms with Gasteiger partial charge in [0.25, 0.3) is 0 Å². The summed E-state index contributed by atoms with van der Waals surface area (Å²) in [4.78, 5) is 0. The van der Waals surface area contributed by atoms with Crippen LogP contribution < -0.4 is 5.32 Å². The molecule has 2 atom stereocenters. The molecule has 4 heteroatoms. The number of hydrogen-bond acceptors (Lipinski definition) is 3. The van der Waals surface area contributed by atoms with Crippen molar-refractivity contribution < 1.29 is 8.85 Å². The molecule has 1 heterocycles. The zero-order valence-electron chi connectivity index (χ0n) is 10.1. The van der Waals surface area contributed by atoms with Crippen LogP contribution in [0.25, 0.3) is 0 Å². The molecule has 0 radical (unpaired) electrons. The van der Waals surface area contributed by atoms with E-state index in [-0.39, 0.29) is 0 Å². The summed E-state index contributed by atoms with van der Waals surface area (Å²) >= 11 is 0. The second kappa shape index (κ2) is 8.27. The molecule has 2 rings (SSSR count). The summed E-state index contributed by atoms with van der Waals surface area (Å²) in [6.07, 6.45) is 7.46. The highest BCUT2D eigenvalue weighted by atomic mass is 28.3. The van der Waals surface area contributed by atoms with Gasteiger partial charge in [0.2, 0.25) is 0 Å². The first-order valence-electron chi connectivity index (χ1n) is 6.07. The van der Waals surface area contributed by atoms with Crippen LogP contribution in [0, 0.1) is 11.8 Å². The minimum absolute atomic E-state index is 0.568. The summed E-state index contributed by atoms with van der Waals surface area (Å²) in [7, 11) is 2.73. The maximum absolute atomic E-state index is 4.61. The summed E-state index contributed by atoms with van der Waals surface area (Å²) < 4.78 is 9.22. The molecule has 15 heavy (non-hydrogen) atoms. The molecule has 0 aromatic heterocycles. The first-order chi connectivity index (χ1) is 7.38. The fourth-order valence-electron chi connectivity index (χ4n) is 2.63. The first-order valence-corrected chi connectivity index (χ1v) is 7.22. The second-order valence-corrected chi connectivity index (χ2v) is 5.88. The van der Waals surface area contributed by atoms with Crippen molar-refractivity contribution in [2.45, 2.75) is 32.1 Å². The molecular formula is C11H25NO2Si. The van der Waals surface area contributed by atoms with E-state index in [0.717, 1.165) is 11.8 Å². The van der Waals surface area contributed by atoms with Gasteiger partial charge in [0.15, 0.2) is 0 Å². The van der Waals surface area contributed by atoms with E-state index in [1.165, 1.54) is 45.2 Å². The molecule has 3 nitrogen and oxygen atoms in total. The van der Waals surface area contributed by atoms with Crippen molar-refractivity contribution in [2.24, 2.45) is 11.8 Å². The van der Waals surface area contributed by atoms with Crippen molar-refractivity contribution in [2.75, 3.05) is 27.3 Å². The Balaban J connectivity index is 0.000000195. The van der Waals surface area contributed by atoms with Crippen molar-refractivity contribution in [1.29, 1.82) is 0 Å². The van der Waals surface area contributed by atoms with Crippen molar-refractivity contribution in [1.82, 2.24) is 5.32 Å². The van der Waals surface area contributed by atoms with Gasteiger partial charge in [-0.3, -0.25) is 0 Å². The Morgan fingerprint density at radius 3 is 2.20 bits per heavy atom. The normalized spacial score (nSPS) is 30.0. The average Bonchev–Trinajstić information content (AvgIpc) is 2.31. The smallest absolute Gasteiger partial charge is 0.303 e. The summed E-state index contributed by atoms with van der Waals surface area (Å²) in [6.45, 7) is 2.59. The summed E-state index contributed by atoms with van der Waals surface area (Å²) in [5, 5.41) is 3.48. The molecule has 0 bridgehead atoms. The van der Waals surface area contributed by atoms with Crippen LogP contribution in [0.2, 0.25) is 0 Å². The van der Waals surface area contributed by atoms with Crippen LogP contribution in [0.3, 0.4) is 0 Å². The second-order valence-electron chi connectivity index (χ2n) is 4.49. The van der Waals surface area contributed by atoms with Gasteiger partial charge < -0.3 is 14.2 Å². The first kappa shape index (κ1) is 13.2. The number of fused-ring (bicyclic) bond motifs is 1. The number of nitrogens with one attached hydrogen (secondary N) is 1. The van der Waals surface area contributed by atoms with E-state index in [9.17, 15) is 0 Å². The maximum atomic E-state index is 4.61. The lowest BCUT2D eigenvalue weighted by molar-refractivity contribution is 0.185. The van der Waals surface area contributed by atoms with Gasteiger partial charge in [-0.2, -0.15) is 0 Å². The van der Waals surface area contributed by atoms with E-state index in [2.05, 4.69) is 14.2 Å². The lowest BCUT2D eigenvalue weighted by Gasteiger charge is -2.35. The molecule has 1 N–H and O–H groups in total. The lowest BCUT2D eigenvalue weighted by Crippen LogP contribution is -2.38. The third-order valence-corrected chi connectivity index (χ3v) is 3.87. The largest absolute Gasteiger partial charge is 0.402 e. The zero-order chi connectivity index (χ0) is 10.9. The molecule has 1 aliphatic heterocycles. The highest BCUT2D eigenvalue weighted by molar-refractivity contribution is 6.17. The highest BCUT2D eigenvalue weighted by Crippen LogP contribution is 2.33. The SMILES string of the molecule is C1CCC2CNCCC2C1.CO[SiH2]OC. The molecule has 0 aromatic rings. The van der Waals surface area contributed by atoms with Crippen LogP contribution in [-0.4, -0.2) is 37.3 Å². The molecular weight excluding hydrogens is 206 g/mol. The van der Waals surface area contributed by atoms with Gasteiger partial charge in [0, 0.05) is 14.2 Å². The van der Waals surface area contributed by atoms with Crippen LogP contribution >= 0.6 is 0 Å². The van der Waals surface area contributed by atoms with Crippen LogP contribution in [0.1, 0.15) is 32.1 Å². The van der Waals surface area contributed by atoms with E-state index in [0.29, 0.717) is 0 Å². The van der Waals surface area contributed by atoms with E-state index >= 15 is 0 Å². The lowest BCUT2D eigenvalue weighted by atomic mass is 9.76. The topological polar surface area (TPSA) is 30.5 Å². The Bertz CT molecular complexity index is 130. The Labute approximate surface area is 96.0 Å². The predicted molar refractivity (Wildman–Crippen MR) is 65.5 cm³/mol. The fraction of sp³-hybridized carbons (Fsp3) is 1.00. The molecule has 1 saturated carbocycles. The van der Waals surface area contributed by atoms with E-state index in [4.69, 9.17) is 0 Å². The third kappa shape index (κ3) is 5.11. The van der Waals surface area contributed by atoms with Gasteiger partial charge >= 0.3 is 10.0 Å². The van der Waals surface area contributed by atoms with Crippen LogP contribution in [0.4, 0.5) is 0 Å². The van der Waals surface area contributed by atoms with Crippen molar-refractivity contribution >= 4 is 10.0 Å². The molecule has 1 saturated heterocycles. The Morgan fingerprint density at radius 1 is 1.00 bits per heavy atom. The van der Waals surface area contributed by atoms with Crippen molar-refractivity contribution in [3.8, 4) is 0 Å². The molecule has 2 unspecified atom stereocenters. The van der Waals surface area contributed by atoms with Crippen LogP contribution in [0.5, 0.6) is 0 Å². The van der Waals surface area contributed by atoms with Gasteiger partial charge in [-0.1, -0.05) is 19.3 Å². The molecule has 2 aliphatic rings. The number of hydrogen-bond donors (Lipinski definition) is 1. The average molecular weight is 231 g/mol. The van der Waals surface area contributed by atoms with Gasteiger partial charge in [0.1, 0.15) is 0 Å². The van der Waals surface area contributed by atoms with Gasteiger partial charge in [-0.15, -0.1) is 0 Å². The quantitative estimate of drug-likeness (QED) is 0.721. The fourth-order valence-corrected chi connectivity index (χ4v) is 2.86. The number of piperidine rings is 1. The number of rotatable bonds is 2. The molecule has 90 valence electrons. The summed E-state index contributed by atoms with van der Waals surface area (Å²) in [6, 6.07) is 0. The zero-order valence-corrected chi connectivity index (χ0v) is 11.5. The van der Waals surface area contributed by atoms with Crippen molar-refractivity contribution in [3.05, 3.63) is 0 Å². The van der Waals surface area contributed by atoms with Gasteiger partial charge in [-0.05, 0) is 37.8 Å². The van der Waals surface area contributed by atoms with Gasteiger partial charge in [0.05, 0.1) is 0 Å². The van der Waals surface area contributed by atoms with Crippen LogP contribution in [0.15, 0.2) is 0 Å². The van der Waals surface area contributed by atoms with E-state index in [1.54, 1.807) is 14.2 Å². The van der Waals surface area contributed by atoms with Crippen LogP contribution in [-0.2, 0) is 8.85 Å². The predicted octanol–water partition coefficient (Wildman–Crippen LogP) is 1.06. The summed E-state index contributed by atoms with van der Waals surface area (Å²) in [5.74, 6) is 2.14. The molecule has 2 fully saturated rings. The molecule has 1 aliphatic carbocycles. The Morgan fingerprint density at radius 2 is 1.67 bits per heavy atom. The minimum atomic E-state index is -0.568. The maximum Gasteiger partial charge on any atom is 0.303 e. The van der Waals surface area contributed by atoms with Crippen molar-refractivity contribution in [3.63, 3.8) is 0 Å². The Hall–Kier alpha value is 0.0969. The monoisotopic (exact) mass is 231 g/mol.